The van der Waals surface area contributed by atoms with Gasteiger partial charge >= 0.3 is 0 Å². The summed E-state index contributed by atoms with van der Waals surface area (Å²) in [6.45, 7) is 0.0704. The number of hydrogen-bond donors (Lipinski definition) is 3. The number of nitrogens with zero attached hydrogens (tertiary/aromatic N) is 4. The summed E-state index contributed by atoms with van der Waals surface area (Å²) in [4.78, 5) is 16.2. The number of nitrogens with two attached hydrogens (primary N) is 1. The lowest BCUT2D eigenvalue weighted by Crippen LogP contribution is -2.29. The number of carbonyl (C=O) groups is 1. The molecule has 0 spiro atoms. The fourth-order valence-electron chi connectivity index (χ4n) is 2.88. The zero-order valence-corrected chi connectivity index (χ0v) is 13.4. The third-order valence-electron chi connectivity index (χ3n) is 4.34. The van der Waals surface area contributed by atoms with E-state index in [0.29, 0.717) is 5.69 Å². The molecule has 8 heteroatoms. The van der Waals surface area contributed by atoms with E-state index in [2.05, 4.69) is 20.6 Å². The summed E-state index contributed by atoms with van der Waals surface area (Å²) in [5.41, 5.74) is 6.67. The van der Waals surface area contributed by atoms with Crippen LogP contribution in [0.15, 0.2) is 30.6 Å². The van der Waals surface area contributed by atoms with Gasteiger partial charge in [-0.1, -0.05) is 11.3 Å². The second-order valence-electron chi connectivity index (χ2n) is 6.13. The highest BCUT2D eigenvalue weighted by molar-refractivity contribution is 5.91. The quantitative estimate of drug-likeness (QED) is 0.738. The fourth-order valence-corrected chi connectivity index (χ4v) is 2.88. The Morgan fingerprint density at radius 3 is 2.88 bits per heavy atom. The van der Waals surface area contributed by atoms with Crippen LogP contribution in [0.3, 0.4) is 0 Å². The molecule has 1 fully saturated rings. The normalized spacial score (nSPS) is 22.1. The highest BCUT2D eigenvalue weighted by Gasteiger charge is 2.22. The van der Waals surface area contributed by atoms with Crippen molar-refractivity contribution in [3.8, 4) is 0 Å². The maximum Gasteiger partial charge on any atom is 0.273 e. The molecule has 4 N–H and O–H groups in total. The molecule has 0 aliphatic heterocycles. The van der Waals surface area contributed by atoms with E-state index in [4.69, 9.17) is 5.73 Å². The van der Waals surface area contributed by atoms with Gasteiger partial charge in [-0.2, -0.15) is 0 Å². The van der Waals surface area contributed by atoms with Gasteiger partial charge in [-0.15, -0.1) is 5.10 Å². The van der Waals surface area contributed by atoms with Crippen LogP contribution in [0.1, 0.15) is 54.0 Å². The number of hydrogen-bond acceptors (Lipinski definition) is 6. The van der Waals surface area contributed by atoms with Gasteiger partial charge in [0.05, 0.1) is 17.9 Å². The molecule has 2 heterocycles. The number of carbonyl (C=O) groups excluding carboxylic acids is 1. The van der Waals surface area contributed by atoms with Gasteiger partial charge in [0, 0.05) is 18.8 Å². The van der Waals surface area contributed by atoms with Crippen molar-refractivity contribution in [1.82, 2.24) is 25.3 Å². The minimum Gasteiger partial charge on any atom is -0.385 e. The highest BCUT2D eigenvalue weighted by atomic mass is 16.3. The lowest BCUT2D eigenvalue weighted by molar-refractivity contribution is 0.0909. The van der Waals surface area contributed by atoms with Crippen LogP contribution in [0.5, 0.6) is 0 Å². The van der Waals surface area contributed by atoms with Gasteiger partial charge in [-0.05, 0) is 37.8 Å². The molecule has 1 amide bonds. The number of aromatic nitrogens is 4. The van der Waals surface area contributed by atoms with E-state index in [1.807, 2.05) is 0 Å². The van der Waals surface area contributed by atoms with Crippen molar-refractivity contribution < 1.29 is 9.90 Å². The summed E-state index contributed by atoms with van der Waals surface area (Å²) in [5.74, 6) is -0.358. The largest absolute Gasteiger partial charge is 0.385 e. The predicted octanol–water partition coefficient (Wildman–Crippen LogP) is 0.579. The second-order valence-corrected chi connectivity index (χ2v) is 6.13. The molecule has 3 rings (SSSR count). The molecule has 1 aliphatic carbocycles. The molecule has 1 unspecified atom stereocenters. The Hall–Kier alpha value is -2.32. The molecule has 2 aromatic rings. The van der Waals surface area contributed by atoms with Crippen molar-refractivity contribution in [2.45, 2.75) is 43.9 Å². The maximum absolute atomic E-state index is 12.2. The van der Waals surface area contributed by atoms with Crippen LogP contribution in [0.25, 0.3) is 0 Å². The highest BCUT2D eigenvalue weighted by Crippen LogP contribution is 2.26. The zero-order chi connectivity index (χ0) is 16.9. The van der Waals surface area contributed by atoms with Crippen LogP contribution in [0.4, 0.5) is 0 Å². The van der Waals surface area contributed by atoms with Gasteiger partial charge in [0.25, 0.3) is 5.91 Å². The molecule has 0 aromatic carbocycles. The molecule has 128 valence electrons. The Bertz CT molecular complexity index is 666. The standard InChI is InChI=1S/C16H22N6O2/c17-11-4-6-12(7-5-11)22-10-14(20-21-22)16(24)19-9-15(23)13-3-1-2-8-18-13/h1-3,8,10-12,15,23H,4-7,9,17H2,(H,19,24). The first-order chi connectivity index (χ1) is 11.6. The zero-order valence-electron chi connectivity index (χ0n) is 13.4. The van der Waals surface area contributed by atoms with Crippen molar-refractivity contribution >= 4 is 5.91 Å². The monoisotopic (exact) mass is 330 g/mol. The van der Waals surface area contributed by atoms with Crippen LogP contribution in [0, 0.1) is 0 Å². The van der Waals surface area contributed by atoms with Crippen LogP contribution >= 0.6 is 0 Å². The lowest BCUT2D eigenvalue weighted by Gasteiger charge is -2.25. The topological polar surface area (TPSA) is 119 Å². The fraction of sp³-hybridized carbons (Fsp3) is 0.500. The Balaban J connectivity index is 1.54. The Morgan fingerprint density at radius 1 is 1.38 bits per heavy atom. The van der Waals surface area contributed by atoms with Crippen LogP contribution < -0.4 is 11.1 Å². The van der Waals surface area contributed by atoms with Crippen molar-refractivity contribution in [2.24, 2.45) is 5.73 Å². The molecule has 24 heavy (non-hydrogen) atoms. The van der Waals surface area contributed by atoms with E-state index in [-0.39, 0.29) is 30.2 Å². The average molecular weight is 330 g/mol. The summed E-state index contributed by atoms with van der Waals surface area (Å²) in [6.07, 6.45) is 6.22. The van der Waals surface area contributed by atoms with Crippen molar-refractivity contribution in [3.63, 3.8) is 0 Å². The number of amides is 1. The van der Waals surface area contributed by atoms with E-state index in [1.54, 1.807) is 35.3 Å². The van der Waals surface area contributed by atoms with Gasteiger partial charge in [-0.3, -0.25) is 9.78 Å². The molecule has 1 saturated carbocycles. The Labute approximate surface area is 140 Å². The molecular weight excluding hydrogens is 308 g/mol. The first-order valence-electron chi connectivity index (χ1n) is 8.18. The molecule has 0 saturated heterocycles. The van der Waals surface area contributed by atoms with Crippen molar-refractivity contribution in [3.05, 3.63) is 42.0 Å². The molecule has 0 bridgehead atoms. The van der Waals surface area contributed by atoms with Gasteiger partial charge in [0.15, 0.2) is 5.69 Å². The minimum atomic E-state index is -0.856. The molecule has 1 atom stereocenters. The van der Waals surface area contributed by atoms with E-state index < -0.39 is 6.10 Å². The van der Waals surface area contributed by atoms with E-state index in [9.17, 15) is 9.90 Å². The summed E-state index contributed by atoms with van der Waals surface area (Å²) >= 11 is 0. The smallest absolute Gasteiger partial charge is 0.273 e. The van der Waals surface area contributed by atoms with Gasteiger partial charge < -0.3 is 16.2 Å². The first-order valence-corrected chi connectivity index (χ1v) is 8.18. The molecule has 2 aromatic heterocycles. The summed E-state index contributed by atoms with van der Waals surface area (Å²) in [7, 11) is 0. The van der Waals surface area contributed by atoms with Gasteiger partial charge in [0.2, 0.25) is 0 Å². The second kappa shape index (κ2) is 7.50. The molecule has 0 radical (unpaired) electrons. The van der Waals surface area contributed by atoms with Crippen LogP contribution in [-0.4, -0.2) is 43.6 Å². The average Bonchev–Trinajstić information content (AvgIpc) is 3.11. The van der Waals surface area contributed by atoms with E-state index in [1.165, 1.54) is 0 Å². The summed E-state index contributed by atoms with van der Waals surface area (Å²) < 4.78 is 1.75. The number of rotatable bonds is 5. The SMILES string of the molecule is NC1CCC(n2cc(C(=O)NCC(O)c3ccccn3)nn2)CC1. The molecule has 8 nitrogen and oxygen atoms in total. The molecular formula is C16H22N6O2. The molecule has 1 aliphatic rings. The Morgan fingerprint density at radius 2 is 2.17 bits per heavy atom. The van der Waals surface area contributed by atoms with E-state index >= 15 is 0 Å². The first kappa shape index (κ1) is 16.5. The number of nitrogens with one attached hydrogen (secondary N) is 1. The van der Waals surface area contributed by atoms with Crippen LogP contribution in [-0.2, 0) is 0 Å². The summed E-state index contributed by atoms with van der Waals surface area (Å²) in [6, 6.07) is 5.78. The Kier molecular flexibility index (Phi) is 5.17. The number of pyridine rings is 1. The summed E-state index contributed by atoms with van der Waals surface area (Å²) in [5, 5.41) is 20.7. The van der Waals surface area contributed by atoms with Crippen molar-refractivity contribution in [1.29, 1.82) is 0 Å². The number of aliphatic hydroxyl groups excluding tert-OH is 1. The van der Waals surface area contributed by atoms with Gasteiger partial charge in [0.1, 0.15) is 6.10 Å². The third-order valence-corrected chi connectivity index (χ3v) is 4.34. The van der Waals surface area contributed by atoms with Crippen molar-refractivity contribution in [2.75, 3.05) is 6.54 Å². The number of aliphatic hydroxyl groups is 1. The van der Waals surface area contributed by atoms with Gasteiger partial charge in [-0.25, -0.2) is 4.68 Å². The maximum atomic E-state index is 12.2. The minimum absolute atomic E-state index is 0.0704. The van der Waals surface area contributed by atoms with Crippen LogP contribution in [0.2, 0.25) is 0 Å². The third kappa shape index (κ3) is 3.95. The lowest BCUT2D eigenvalue weighted by atomic mass is 9.92. The predicted molar refractivity (Wildman–Crippen MR) is 87.0 cm³/mol. The van der Waals surface area contributed by atoms with E-state index in [0.717, 1.165) is 25.7 Å².